The molecule has 2 nitrogen and oxygen atoms in total. The second-order valence-electron chi connectivity index (χ2n) is 6.81. The lowest BCUT2D eigenvalue weighted by Crippen LogP contribution is -2.33. The average Bonchev–Trinajstić information content (AvgIpc) is 2.72. The zero-order chi connectivity index (χ0) is 20.4. The van der Waals surface area contributed by atoms with Crippen LogP contribution < -0.4 is 0 Å². The van der Waals surface area contributed by atoms with Crippen molar-refractivity contribution >= 4 is 0 Å². The van der Waals surface area contributed by atoms with Gasteiger partial charge in [-0.2, -0.15) is 0 Å². The first-order chi connectivity index (χ1) is 14.0. The van der Waals surface area contributed by atoms with E-state index in [9.17, 15) is 10.2 Å². The monoisotopic (exact) mass is 388 g/mol. The van der Waals surface area contributed by atoms with Crippen LogP contribution in [0.4, 0.5) is 8.78 Å². The highest BCUT2D eigenvalue weighted by Crippen LogP contribution is 2.47. The second-order valence-corrected chi connectivity index (χ2v) is 6.81. The summed E-state index contributed by atoms with van der Waals surface area (Å²) in [6.45, 7) is 0. The first-order valence-corrected chi connectivity index (χ1v) is 9.12. The van der Waals surface area contributed by atoms with Crippen molar-refractivity contribution in [2.45, 2.75) is 5.41 Å². The van der Waals surface area contributed by atoms with Crippen molar-refractivity contribution < 1.29 is 19.0 Å². The summed E-state index contributed by atoms with van der Waals surface area (Å²) in [6.07, 6.45) is 0. The van der Waals surface area contributed by atoms with Crippen LogP contribution in [-0.4, -0.2) is 10.2 Å². The van der Waals surface area contributed by atoms with E-state index >= 15 is 8.78 Å². The highest BCUT2D eigenvalue weighted by molar-refractivity contribution is 5.61. The maximum absolute atomic E-state index is 15.3. The highest BCUT2D eigenvalue weighted by Gasteiger charge is 2.42. The first-order valence-electron chi connectivity index (χ1n) is 9.12. The Bertz CT molecular complexity index is 1050. The summed E-state index contributed by atoms with van der Waals surface area (Å²) in [5.74, 6) is -1.75. The Kier molecular flexibility index (Phi) is 4.77. The minimum Gasteiger partial charge on any atom is -0.508 e. The lowest BCUT2D eigenvalue weighted by atomic mass is 9.64. The summed E-state index contributed by atoms with van der Waals surface area (Å²) in [5, 5.41) is 19.5. The Hall–Kier alpha value is -3.66. The number of benzene rings is 4. The van der Waals surface area contributed by atoms with Crippen molar-refractivity contribution in [1.29, 1.82) is 0 Å². The SMILES string of the molecule is Oc1ccc(C(c2ccccc2)(c2ccccc2)c2ccc(O)cc2F)c(F)c1. The lowest BCUT2D eigenvalue weighted by molar-refractivity contribution is 0.462. The number of aromatic hydroxyl groups is 2. The third kappa shape index (κ3) is 3.13. The van der Waals surface area contributed by atoms with Crippen LogP contribution in [0, 0.1) is 11.6 Å². The fourth-order valence-electron chi connectivity index (χ4n) is 3.93. The molecule has 0 saturated carbocycles. The fourth-order valence-corrected chi connectivity index (χ4v) is 3.93. The average molecular weight is 388 g/mol. The van der Waals surface area contributed by atoms with E-state index in [4.69, 9.17) is 0 Å². The van der Waals surface area contributed by atoms with Gasteiger partial charge >= 0.3 is 0 Å². The van der Waals surface area contributed by atoms with Crippen LogP contribution >= 0.6 is 0 Å². The quantitative estimate of drug-likeness (QED) is 0.437. The molecule has 0 spiro atoms. The zero-order valence-electron chi connectivity index (χ0n) is 15.4. The van der Waals surface area contributed by atoms with E-state index in [2.05, 4.69) is 0 Å². The largest absolute Gasteiger partial charge is 0.508 e. The van der Waals surface area contributed by atoms with Crippen molar-refractivity contribution in [2.75, 3.05) is 0 Å². The molecule has 144 valence electrons. The molecule has 0 radical (unpaired) electrons. The molecule has 0 aliphatic heterocycles. The molecule has 0 atom stereocenters. The predicted octanol–water partition coefficient (Wildman–Crippen LogP) is 5.76. The van der Waals surface area contributed by atoms with E-state index in [1.54, 1.807) is 0 Å². The molecule has 4 aromatic carbocycles. The van der Waals surface area contributed by atoms with Gasteiger partial charge in [-0.05, 0) is 23.3 Å². The van der Waals surface area contributed by atoms with Gasteiger partial charge < -0.3 is 10.2 Å². The number of halogens is 2. The number of phenolic OH excluding ortho intramolecular Hbond substituents is 2. The normalized spacial score (nSPS) is 11.4. The van der Waals surface area contributed by atoms with Crippen molar-refractivity contribution in [3.63, 3.8) is 0 Å². The van der Waals surface area contributed by atoms with Gasteiger partial charge in [-0.25, -0.2) is 8.78 Å². The molecule has 0 fully saturated rings. The molecule has 4 rings (SSSR count). The number of phenols is 2. The van der Waals surface area contributed by atoms with Gasteiger partial charge in [0, 0.05) is 23.3 Å². The minimum absolute atomic E-state index is 0.192. The standard InChI is InChI=1S/C25H18F2O2/c26-23-15-19(28)11-13-21(23)25(17-7-3-1-4-8-17,18-9-5-2-6-10-18)22-14-12-20(29)16-24(22)27/h1-16,28-29H. The highest BCUT2D eigenvalue weighted by atomic mass is 19.1. The molecule has 0 unspecified atom stereocenters. The van der Waals surface area contributed by atoms with Gasteiger partial charge in [0.1, 0.15) is 23.1 Å². The van der Waals surface area contributed by atoms with Gasteiger partial charge in [0.25, 0.3) is 0 Å². The van der Waals surface area contributed by atoms with Crippen LogP contribution in [0.15, 0.2) is 97.1 Å². The molecule has 4 heteroatoms. The van der Waals surface area contributed by atoms with E-state index in [1.807, 2.05) is 60.7 Å². The van der Waals surface area contributed by atoms with Crippen LogP contribution in [0.2, 0.25) is 0 Å². The Labute approximate surface area is 167 Å². The molecule has 29 heavy (non-hydrogen) atoms. The van der Waals surface area contributed by atoms with E-state index in [0.717, 1.165) is 12.1 Å². The number of hydrogen-bond acceptors (Lipinski definition) is 2. The van der Waals surface area contributed by atoms with Crippen LogP contribution in [-0.2, 0) is 5.41 Å². The number of rotatable bonds is 4. The van der Waals surface area contributed by atoms with E-state index in [-0.39, 0.29) is 22.6 Å². The van der Waals surface area contributed by atoms with Gasteiger partial charge in [0.15, 0.2) is 0 Å². The predicted molar refractivity (Wildman–Crippen MR) is 108 cm³/mol. The first kappa shape index (κ1) is 18.7. The summed E-state index contributed by atoms with van der Waals surface area (Å²) >= 11 is 0. The second kappa shape index (κ2) is 7.40. The molecule has 0 heterocycles. The van der Waals surface area contributed by atoms with Crippen molar-refractivity contribution in [3.8, 4) is 11.5 Å². The van der Waals surface area contributed by atoms with E-state index in [1.165, 1.54) is 24.3 Å². The summed E-state index contributed by atoms with van der Waals surface area (Å²) in [6, 6.07) is 25.9. The Morgan fingerprint density at radius 3 is 1.24 bits per heavy atom. The Balaban J connectivity index is 2.20. The maximum atomic E-state index is 15.3. The third-order valence-corrected chi connectivity index (χ3v) is 5.13. The van der Waals surface area contributed by atoms with Gasteiger partial charge in [-0.3, -0.25) is 0 Å². The molecule has 2 N–H and O–H groups in total. The van der Waals surface area contributed by atoms with Crippen molar-refractivity contribution in [1.82, 2.24) is 0 Å². The van der Waals surface area contributed by atoms with E-state index < -0.39 is 17.0 Å². The van der Waals surface area contributed by atoms with Gasteiger partial charge in [-0.1, -0.05) is 72.8 Å². The summed E-state index contributed by atoms with van der Waals surface area (Å²) < 4.78 is 30.6. The molecule has 0 aliphatic rings. The molecule has 0 saturated heterocycles. The molecule has 4 aromatic rings. The van der Waals surface area contributed by atoms with Crippen molar-refractivity contribution in [3.05, 3.63) is 131 Å². The van der Waals surface area contributed by atoms with Gasteiger partial charge in [0.2, 0.25) is 0 Å². The molecule has 0 amide bonds. The molecule has 0 bridgehead atoms. The van der Waals surface area contributed by atoms with Crippen LogP contribution in [0.1, 0.15) is 22.3 Å². The summed E-state index contributed by atoms with van der Waals surface area (Å²) in [5.41, 5.74) is 0.355. The molecule has 0 aliphatic carbocycles. The van der Waals surface area contributed by atoms with Crippen LogP contribution in [0.5, 0.6) is 11.5 Å². The molecular weight excluding hydrogens is 370 g/mol. The molecular formula is C25H18F2O2. The fraction of sp³-hybridized carbons (Fsp3) is 0.0400. The van der Waals surface area contributed by atoms with Crippen LogP contribution in [0.3, 0.4) is 0 Å². The Morgan fingerprint density at radius 1 is 0.517 bits per heavy atom. The molecule has 0 aromatic heterocycles. The number of hydrogen-bond donors (Lipinski definition) is 2. The third-order valence-electron chi connectivity index (χ3n) is 5.13. The van der Waals surface area contributed by atoms with Gasteiger partial charge in [0.05, 0.1) is 5.41 Å². The van der Waals surface area contributed by atoms with Crippen molar-refractivity contribution in [2.24, 2.45) is 0 Å². The topological polar surface area (TPSA) is 40.5 Å². The minimum atomic E-state index is -1.34. The Morgan fingerprint density at radius 2 is 0.897 bits per heavy atom. The summed E-state index contributed by atoms with van der Waals surface area (Å²) in [4.78, 5) is 0. The van der Waals surface area contributed by atoms with E-state index in [0.29, 0.717) is 11.1 Å². The zero-order valence-corrected chi connectivity index (χ0v) is 15.4. The smallest absolute Gasteiger partial charge is 0.131 e. The maximum Gasteiger partial charge on any atom is 0.131 e. The summed E-state index contributed by atoms with van der Waals surface area (Å²) in [7, 11) is 0. The van der Waals surface area contributed by atoms with Crippen LogP contribution in [0.25, 0.3) is 0 Å². The lowest BCUT2D eigenvalue weighted by Gasteiger charge is -2.37. The van der Waals surface area contributed by atoms with Gasteiger partial charge in [-0.15, -0.1) is 0 Å².